The van der Waals surface area contributed by atoms with Crippen molar-refractivity contribution in [3.05, 3.63) is 48.3 Å². The highest BCUT2D eigenvalue weighted by Gasteiger charge is 2.41. The Morgan fingerprint density at radius 2 is 2.04 bits per heavy atom. The molecule has 7 nitrogen and oxygen atoms in total. The number of anilines is 2. The van der Waals surface area contributed by atoms with E-state index in [4.69, 9.17) is 4.74 Å². The Morgan fingerprint density at radius 3 is 2.85 bits per heavy atom. The van der Waals surface area contributed by atoms with Crippen molar-refractivity contribution in [3.63, 3.8) is 0 Å². The molecule has 4 rings (SSSR count). The lowest BCUT2D eigenvalue weighted by molar-refractivity contribution is -0.126. The van der Waals surface area contributed by atoms with E-state index in [0.29, 0.717) is 13.2 Å². The average Bonchev–Trinajstić information content (AvgIpc) is 2.73. The van der Waals surface area contributed by atoms with E-state index in [1.807, 2.05) is 12.1 Å². The number of aromatic nitrogens is 2. The summed E-state index contributed by atoms with van der Waals surface area (Å²) in [5.41, 5.74) is 2.49. The molecule has 3 heterocycles. The molecular weight excluding hydrogens is 342 g/mol. The number of methoxy groups -OCH3 is 1. The molecule has 142 valence electrons. The number of ether oxygens (including phenoxy) is 1. The number of hydrogen-bond acceptors (Lipinski definition) is 6. The molecule has 0 saturated carbocycles. The van der Waals surface area contributed by atoms with E-state index in [2.05, 4.69) is 43.3 Å². The van der Waals surface area contributed by atoms with Crippen LogP contribution in [0.5, 0.6) is 0 Å². The summed E-state index contributed by atoms with van der Waals surface area (Å²) in [4.78, 5) is 26.3. The molecule has 7 heteroatoms. The van der Waals surface area contributed by atoms with E-state index in [0.717, 1.165) is 32.0 Å². The average molecular weight is 367 g/mol. The van der Waals surface area contributed by atoms with Gasteiger partial charge in [0.1, 0.15) is 0 Å². The van der Waals surface area contributed by atoms with E-state index in [1.165, 1.54) is 11.3 Å². The van der Waals surface area contributed by atoms with Crippen LogP contribution in [-0.2, 0) is 16.0 Å². The van der Waals surface area contributed by atoms with Gasteiger partial charge in [-0.3, -0.25) is 4.79 Å². The molecule has 1 aromatic heterocycles. The van der Waals surface area contributed by atoms with Crippen molar-refractivity contribution in [2.75, 3.05) is 49.7 Å². The summed E-state index contributed by atoms with van der Waals surface area (Å²) in [6.07, 6.45) is 4.28. The van der Waals surface area contributed by atoms with Crippen molar-refractivity contribution in [3.8, 4) is 0 Å². The van der Waals surface area contributed by atoms with Gasteiger partial charge in [0, 0.05) is 51.4 Å². The zero-order valence-electron chi connectivity index (χ0n) is 15.5. The zero-order valence-corrected chi connectivity index (χ0v) is 15.5. The predicted octanol–water partition coefficient (Wildman–Crippen LogP) is 1.11. The topological polar surface area (TPSA) is 70.6 Å². The fraction of sp³-hybridized carbons (Fsp3) is 0.450. The summed E-state index contributed by atoms with van der Waals surface area (Å²) < 4.78 is 5.07. The number of carbonyl (C=O) groups is 1. The van der Waals surface area contributed by atoms with Gasteiger partial charge in [-0.2, -0.15) is 0 Å². The van der Waals surface area contributed by atoms with Crippen molar-refractivity contribution in [2.45, 2.75) is 12.5 Å². The number of carbonyl (C=O) groups excluding carboxylic acids is 1. The van der Waals surface area contributed by atoms with Crippen molar-refractivity contribution in [1.82, 2.24) is 15.3 Å². The van der Waals surface area contributed by atoms with Crippen molar-refractivity contribution in [2.24, 2.45) is 5.92 Å². The molecule has 1 aromatic carbocycles. The fourth-order valence-corrected chi connectivity index (χ4v) is 4.10. The van der Waals surface area contributed by atoms with Crippen LogP contribution in [0.2, 0.25) is 0 Å². The second-order valence-corrected chi connectivity index (χ2v) is 6.98. The van der Waals surface area contributed by atoms with Crippen LogP contribution in [-0.4, -0.2) is 61.8 Å². The van der Waals surface area contributed by atoms with Crippen LogP contribution in [0, 0.1) is 5.92 Å². The first-order valence-corrected chi connectivity index (χ1v) is 9.41. The number of rotatable bonds is 5. The summed E-state index contributed by atoms with van der Waals surface area (Å²) in [7, 11) is 1.64. The van der Waals surface area contributed by atoms with Crippen molar-refractivity contribution in [1.29, 1.82) is 0 Å². The second kappa shape index (κ2) is 7.92. The van der Waals surface area contributed by atoms with Crippen LogP contribution < -0.4 is 15.1 Å². The Hall–Kier alpha value is -2.67. The van der Waals surface area contributed by atoms with Crippen LogP contribution in [0.3, 0.4) is 0 Å². The van der Waals surface area contributed by atoms with Gasteiger partial charge in [-0.15, -0.1) is 0 Å². The van der Waals surface area contributed by atoms with Crippen molar-refractivity contribution >= 4 is 17.5 Å². The summed E-state index contributed by atoms with van der Waals surface area (Å²) >= 11 is 0. The summed E-state index contributed by atoms with van der Waals surface area (Å²) in [5, 5.41) is 3.03. The van der Waals surface area contributed by atoms with E-state index in [1.54, 1.807) is 19.5 Å². The maximum absolute atomic E-state index is 12.9. The minimum atomic E-state index is -0.108. The van der Waals surface area contributed by atoms with E-state index >= 15 is 0 Å². The monoisotopic (exact) mass is 367 g/mol. The number of nitrogens with one attached hydrogen (secondary N) is 1. The Morgan fingerprint density at radius 1 is 1.22 bits per heavy atom. The van der Waals surface area contributed by atoms with Gasteiger partial charge in [0.15, 0.2) is 0 Å². The lowest BCUT2D eigenvalue weighted by Gasteiger charge is -2.49. The third kappa shape index (κ3) is 3.60. The number of benzene rings is 1. The first kappa shape index (κ1) is 17.7. The smallest absolute Gasteiger partial charge is 0.225 e. The Kier molecular flexibility index (Phi) is 5.20. The molecule has 2 aliphatic rings. The van der Waals surface area contributed by atoms with E-state index < -0.39 is 0 Å². The minimum Gasteiger partial charge on any atom is -0.383 e. The Balaban J connectivity index is 1.59. The number of hydrogen-bond donors (Lipinski definition) is 1. The molecule has 2 atom stereocenters. The molecule has 0 unspecified atom stereocenters. The van der Waals surface area contributed by atoms with E-state index in [9.17, 15) is 4.79 Å². The fourth-order valence-electron chi connectivity index (χ4n) is 4.10. The molecule has 0 spiro atoms. The molecule has 1 N–H and O–H groups in total. The van der Waals surface area contributed by atoms with Crippen LogP contribution in [0.15, 0.2) is 42.7 Å². The van der Waals surface area contributed by atoms with Gasteiger partial charge in [0.05, 0.1) is 18.6 Å². The van der Waals surface area contributed by atoms with Crippen LogP contribution >= 0.6 is 0 Å². The molecule has 2 aromatic rings. The molecule has 1 amide bonds. The maximum atomic E-state index is 12.9. The Labute approximate surface area is 159 Å². The standard InChI is InChI=1S/C20H25N5O2/c1-27-12-9-21-19(26)16-13-15-5-2-3-6-17(15)25-11-10-24(14-18(16)25)20-22-7-4-8-23-20/h2-8,16,18H,9-14H2,1H3,(H,21,26)/t16-,18+/m1/s1. The van der Waals surface area contributed by atoms with Gasteiger partial charge in [-0.25, -0.2) is 9.97 Å². The molecule has 0 radical (unpaired) electrons. The summed E-state index contributed by atoms with van der Waals surface area (Å²) in [5.74, 6) is 0.713. The number of piperazine rings is 1. The van der Waals surface area contributed by atoms with Gasteiger partial charge in [0.2, 0.25) is 11.9 Å². The zero-order chi connectivity index (χ0) is 18.6. The first-order chi connectivity index (χ1) is 13.3. The molecule has 0 bridgehead atoms. The van der Waals surface area contributed by atoms with Crippen LogP contribution in [0.4, 0.5) is 11.6 Å². The lowest BCUT2D eigenvalue weighted by Crippen LogP contribution is -2.61. The molecule has 2 aliphatic heterocycles. The SMILES string of the molecule is COCCNC(=O)[C@@H]1Cc2ccccc2N2CCN(c3ncccn3)C[C@@H]12. The molecule has 1 fully saturated rings. The number of para-hydroxylation sites is 1. The quantitative estimate of drug-likeness (QED) is 0.799. The van der Waals surface area contributed by atoms with Gasteiger partial charge in [0.25, 0.3) is 0 Å². The molecule has 1 saturated heterocycles. The maximum Gasteiger partial charge on any atom is 0.225 e. The van der Waals surface area contributed by atoms with Gasteiger partial charge < -0.3 is 19.9 Å². The third-order valence-corrected chi connectivity index (χ3v) is 5.40. The van der Waals surface area contributed by atoms with E-state index in [-0.39, 0.29) is 17.9 Å². The van der Waals surface area contributed by atoms with Crippen molar-refractivity contribution < 1.29 is 9.53 Å². The Bertz CT molecular complexity index is 785. The predicted molar refractivity (Wildman–Crippen MR) is 104 cm³/mol. The van der Waals surface area contributed by atoms with Gasteiger partial charge in [-0.05, 0) is 24.1 Å². The molecular formula is C20H25N5O2. The number of fused-ring (bicyclic) bond motifs is 3. The number of nitrogens with zero attached hydrogens (tertiary/aromatic N) is 4. The minimum absolute atomic E-state index is 0.0902. The molecule has 27 heavy (non-hydrogen) atoms. The normalized spacial score (nSPS) is 21.4. The molecule has 0 aliphatic carbocycles. The lowest BCUT2D eigenvalue weighted by atomic mass is 9.83. The third-order valence-electron chi connectivity index (χ3n) is 5.40. The highest BCUT2D eigenvalue weighted by Crippen LogP contribution is 2.36. The van der Waals surface area contributed by atoms with Crippen LogP contribution in [0.1, 0.15) is 5.56 Å². The van der Waals surface area contributed by atoms with Gasteiger partial charge in [-0.1, -0.05) is 18.2 Å². The number of amides is 1. The highest BCUT2D eigenvalue weighted by molar-refractivity contribution is 5.82. The largest absolute Gasteiger partial charge is 0.383 e. The first-order valence-electron chi connectivity index (χ1n) is 9.41. The van der Waals surface area contributed by atoms with Gasteiger partial charge >= 0.3 is 0 Å². The summed E-state index contributed by atoms with van der Waals surface area (Å²) in [6, 6.07) is 10.3. The summed E-state index contributed by atoms with van der Waals surface area (Å²) in [6.45, 7) is 3.48. The second-order valence-electron chi connectivity index (χ2n) is 6.98. The van der Waals surface area contributed by atoms with Crippen LogP contribution in [0.25, 0.3) is 0 Å². The highest BCUT2D eigenvalue weighted by atomic mass is 16.5.